The third-order valence-electron chi connectivity index (χ3n) is 2.32. The van der Waals surface area contributed by atoms with E-state index in [1.165, 1.54) is 6.33 Å². The first-order valence-corrected chi connectivity index (χ1v) is 5.52. The van der Waals surface area contributed by atoms with Crippen molar-refractivity contribution in [3.63, 3.8) is 0 Å². The van der Waals surface area contributed by atoms with Crippen molar-refractivity contribution in [1.82, 2.24) is 19.6 Å². The van der Waals surface area contributed by atoms with Gasteiger partial charge in [0.05, 0.1) is 5.52 Å². The van der Waals surface area contributed by atoms with Gasteiger partial charge in [-0.05, 0) is 28.1 Å². The lowest BCUT2D eigenvalue weighted by Gasteiger charge is -2.00. The zero-order valence-corrected chi connectivity index (χ0v) is 9.79. The van der Waals surface area contributed by atoms with Gasteiger partial charge in [-0.1, -0.05) is 6.07 Å². The quantitative estimate of drug-likeness (QED) is 0.685. The molecule has 3 rings (SSSR count). The average molecular weight is 275 g/mol. The molecule has 0 saturated heterocycles. The summed E-state index contributed by atoms with van der Waals surface area (Å²) in [6.45, 7) is 0. The summed E-state index contributed by atoms with van der Waals surface area (Å²) in [5.74, 6) is 0. The maximum absolute atomic E-state index is 4.29. The molecule has 78 valence electrons. The van der Waals surface area contributed by atoms with Gasteiger partial charge in [0.15, 0.2) is 0 Å². The number of halogens is 1. The molecule has 0 amide bonds. The topological polar surface area (TPSA) is 43.1 Å². The maximum Gasteiger partial charge on any atom is 0.129 e. The maximum atomic E-state index is 4.29. The summed E-state index contributed by atoms with van der Waals surface area (Å²) in [6.07, 6.45) is 7.05. The molecule has 3 heterocycles. The summed E-state index contributed by atoms with van der Waals surface area (Å²) in [4.78, 5) is 7.99. The molecule has 0 N–H and O–H groups in total. The fraction of sp³-hybridized carbons (Fsp3) is 0. The van der Waals surface area contributed by atoms with Gasteiger partial charge in [0.1, 0.15) is 10.9 Å². The Labute approximate surface area is 100 Å². The molecule has 4 nitrogen and oxygen atoms in total. The molecule has 0 spiro atoms. The van der Waals surface area contributed by atoms with Gasteiger partial charge < -0.3 is 0 Å². The van der Waals surface area contributed by atoms with Crippen LogP contribution >= 0.6 is 15.9 Å². The normalized spacial score (nSPS) is 10.8. The van der Waals surface area contributed by atoms with Crippen molar-refractivity contribution in [2.75, 3.05) is 0 Å². The average Bonchev–Trinajstić information content (AvgIpc) is 2.69. The van der Waals surface area contributed by atoms with Gasteiger partial charge in [-0.25, -0.2) is 14.5 Å². The first-order valence-electron chi connectivity index (χ1n) is 4.73. The number of nitrogens with zero attached hydrogens (tertiary/aromatic N) is 4. The third kappa shape index (κ3) is 1.59. The predicted octanol–water partition coefficient (Wildman–Crippen LogP) is 2.55. The summed E-state index contributed by atoms with van der Waals surface area (Å²) in [5, 5.41) is 4.29. The van der Waals surface area contributed by atoms with Crippen LogP contribution in [0.3, 0.4) is 0 Å². The van der Waals surface area contributed by atoms with Crippen LogP contribution in [0, 0.1) is 0 Å². The molecule has 0 aliphatic rings. The van der Waals surface area contributed by atoms with Crippen LogP contribution in [0.1, 0.15) is 0 Å². The Hall–Kier alpha value is -1.75. The molecule has 0 atom stereocenters. The van der Waals surface area contributed by atoms with Gasteiger partial charge in [0.25, 0.3) is 0 Å². The van der Waals surface area contributed by atoms with Gasteiger partial charge >= 0.3 is 0 Å². The molecule has 0 saturated carbocycles. The van der Waals surface area contributed by atoms with Crippen LogP contribution in [0.25, 0.3) is 16.6 Å². The van der Waals surface area contributed by atoms with E-state index >= 15 is 0 Å². The Balaban J connectivity index is 2.18. The molecular formula is C11H7BrN4. The summed E-state index contributed by atoms with van der Waals surface area (Å²) < 4.78 is 2.65. The molecule has 0 bridgehead atoms. The Bertz CT molecular complexity index is 633. The SMILES string of the molecule is Brc1cc2ccc(-c3cncnc3)cn2n1. The van der Waals surface area contributed by atoms with Crippen molar-refractivity contribution in [1.29, 1.82) is 0 Å². The highest BCUT2D eigenvalue weighted by molar-refractivity contribution is 9.10. The molecule has 16 heavy (non-hydrogen) atoms. The van der Waals surface area contributed by atoms with E-state index in [9.17, 15) is 0 Å². The number of pyridine rings is 1. The third-order valence-corrected chi connectivity index (χ3v) is 2.71. The van der Waals surface area contributed by atoms with Crippen molar-refractivity contribution < 1.29 is 0 Å². The summed E-state index contributed by atoms with van der Waals surface area (Å²) >= 11 is 3.35. The van der Waals surface area contributed by atoms with E-state index in [2.05, 4.69) is 31.0 Å². The molecule has 0 aliphatic carbocycles. The molecule has 0 fully saturated rings. The largest absolute Gasteiger partial charge is 0.244 e. The minimum absolute atomic E-state index is 0.828. The standard InChI is InChI=1S/C11H7BrN4/c12-11-3-10-2-1-8(6-16(10)15-11)9-4-13-7-14-5-9/h1-7H. The second-order valence-corrected chi connectivity index (χ2v) is 4.19. The fourth-order valence-electron chi connectivity index (χ4n) is 1.57. The number of hydrogen-bond donors (Lipinski definition) is 0. The van der Waals surface area contributed by atoms with E-state index in [-0.39, 0.29) is 0 Å². The van der Waals surface area contributed by atoms with E-state index in [0.717, 1.165) is 21.2 Å². The lowest BCUT2D eigenvalue weighted by molar-refractivity contribution is 0.948. The zero-order chi connectivity index (χ0) is 11.0. The second kappa shape index (κ2) is 3.68. The zero-order valence-electron chi connectivity index (χ0n) is 8.21. The number of fused-ring (bicyclic) bond motifs is 1. The highest BCUT2D eigenvalue weighted by Crippen LogP contribution is 2.19. The van der Waals surface area contributed by atoms with Gasteiger partial charge in [0, 0.05) is 29.7 Å². The predicted molar refractivity (Wildman–Crippen MR) is 63.9 cm³/mol. The molecule has 0 radical (unpaired) electrons. The fourth-order valence-corrected chi connectivity index (χ4v) is 1.98. The van der Waals surface area contributed by atoms with E-state index < -0.39 is 0 Å². The van der Waals surface area contributed by atoms with E-state index in [1.807, 2.05) is 28.9 Å². The molecule has 0 aromatic carbocycles. The van der Waals surface area contributed by atoms with Gasteiger partial charge in [-0.15, -0.1) is 0 Å². The minimum atomic E-state index is 0.828. The smallest absolute Gasteiger partial charge is 0.129 e. The number of hydrogen-bond acceptors (Lipinski definition) is 3. The Morgan fingerprint density at radius 1 is 1.06 bits per heavy atom. The van der Waals surface area contributed by atoms with E-state index in [0.29, 0.717) is 0 Å². The van der Waals surface area contributed by atoms with Crippen LogP contribution in [0.2, 0.25) is 0 Å². The summed E-state index contributed by atoms with van der Waals surface area (Å²) in [7, 11) is 0. The first-order chi connectivity index (χ1) is 7.83. The lowest BCUT2D eigenvalue weighted by atomic mass is 10.1. The second-order valence-electron chi connectivity index (χ2n) is 3.38. The molecule has 3 aromatic rings. The van der Waals surface area contributed by atoms with Crippen molar-refractivity contribution in [3.05, 3.63) is 47.7 Å². The summed E-state index contributed by atoms with van der Waals surface area (Å²) in [5.41, 5.74) is 3.08. The van der Waals surface area contributed by atoms with Crippen LogP contribution in [0.5, 0.6) is 0 Å². The Kier molecular flexibility index (Phi) is 2.18. The first kappa shape index (κ1) is 9.47. The van der Waals surface area contributed by atoms with E-state index in [1.54, 1.807) is 12.4 Å². The molecule has 0 aliphatic heterocycles. The minimum Gasteiger partial charge on any atom is -0.244 e. The summed E-state index contributed by atoms with van der Waals surface area (Å²) in [6, 6.07) is 6.01. The van der Waals surface area contributed by atoms with Gasteiger partial charge in [-0.3, -0.25) is 0 Å². The molecule has 5 heteroatoms. The molecular weight excluding hydrogens is 268 g/mol. The number of rotatable bonds is 1. The van der Waals surface area contributed by atoms with Crippen LogP contribution < -0.4 is 0 Å². The van der Waals surface area contributed by atoms with Crippen LogP contribution in [0.15, 0.2) is 47.7 Å². The monoisotopic (exact) mass is 274 g/mol. The Morgan fingerprint density at radius 3 is 2.69 bits per heavy atom. The van der Waals surface area contributed by atoms with Crippen molar-refractivity contribution in [3.8, 4) is 11.1 Å². The molecule has 0 unspecified atom stereocenters. The number of aromatic nitrogens is 4. The highest BCUT2D eigenvalue weighted by atomic mass is 79.9. The van der Waals surface area contributed by atoms with Crippen molar-refractivity contribution in [2.45, 2.75) is 0 Å². The molecule has 3 aromatic heterocycles. The van der Waals surface area contributed by atoms with Crippen LogP contribution in [-0.2, 0) is 0 Å². The van der Waals surface area contributed by atoms with Gasteiger partial charge in [0.2, 0.25) is 0 Å². The van der Waals surface area contributed by atoms with Crippen LogP contribution in [-0.4, -0.2) is 19.6 Å². The lowest BCUT2D eigenvalue weighted by Crippen LogP contribution is -1.89. The van der Waals surface area contributed by atoms with E-state index in [4.69, 9.17) is 0 Å². The van der Waals surface area contributed by atoms with Crippen molar-refractivity contribution >= 4 is 21.4 Å². The van der Waals surface area contributed by atoms with Crippen LogP contribution in [0.4, 0.5) is 0 Å². The van der Waals surface area contributed by atoms with Crippen molar-refractivity contribution in [2.24, 2.45) is 0 Å². The van der Waals surface area contributed by atoms with Gasteiger partial charge in [-0.2, -0.15) is 5.10 Å². The highest BCUT2D eigenvalue weighted by Gasteiger charge is 2.02. The Morgan fingerprint density at radius 2 is 1.88 bits per heavy atom.